The third-order valence-corrected chi connectivity index (χ3v) is 3.06. The van der Waals surface area contributed by atoms with Crippen LogP contribution in [0.2, 0.25) is 0 Å². The summed E-state index contributed by atoms with van der Waals surface area (Å²) in [6.07, 6.45) is 0. The molecule has 110 valence electrons. The van der Waals surface area contributed by atoms with E-state index in [2.05, 4.69) is 11.4 Å². The van der Waals surface area contributed by atoms with Crippen LogP contribution in [-0.2, 0) is 9.59 Å². The van der Waals surface area contributed by atoms with E-state index in [0.717, 1.165) is 16.8 Å². The Morgan fingerprint density at radius 2 is 1.70 bits per heavy atom. The van der Waals surface area contributed by atoms with E-state index in [1.165, 1.54) is 0 Å². The molecule has 0 aliphatic heterocycles. The molecule has 4 nitrogen and oxygen atoms in total. The highest BCUT2D eigenvalue weighted by Crippen LogP contribution is 2.18. The van der Waals surface area contributed by atoms with Crippen LogP contribution in [0.3, 0.4) is 0 Å². The van der Waals surface area contributed by atoms with Gasteiger partial charge in [-0.3, -0.25) is 9.59 Å². The Bertz CT molecular complexity index is 475. The van der Waals surface area contributed by atoms with Crippen LogP contribution in [0.1, 0.15) is 31.9 Å². The van der Waals surface area contributed by atoms with Crippen molar-refractivity contribution in [3.05, 3.63) is 29.3 Å². The third-order valence-electron chi connectivity index (χ3n) is 3.06. The van der Waals surface area contributed by atoms with Crippen molar-refractivity contribution < 1.29 is 9.59 Å². The zero-order valence-electron chi connectivity index (χ0n) is 13.0. The highest BCUT2D eigenvalue weighted by Gasteiger charge is 2.13. The predicted octanol–water partition coefficient (Wildman–Crippen LogP) is 2.43. The van der Waals surface area contributed by atoms with Gasteiger partial charge in [0.1, 0.15) is 0 Å². The van der Waals surface area contributed by atoms with Crippen molar-refractivity contribution in [2.24, 2.45) is 5.92 Å². The van der Waals surface area contributed by atoms with E-state index in [4.69, 9.17) is 0 Å². The summed E-state index contributed by atoms with van der Waals surface area (Å²) in [5.41, 5.74) is 3.13. The minimum atomic E-state index is -0.0398. The van der Waals surface area contributed by atoms with Crippen molar-refractivity contribution in [2.45, 2.75) is 34.6 Å². The fourth-order valence-electron chi connectivity index (χ4n) is 2.07. The second-order valence-corrected chi connectivity index (χ2v) is 5.46. The fraction of sp³-hybridized carbons (Fsp3) is 0.500. The van der Waals surface area contributed by atoms with Gasteiger partial charge in [-0.25, -0.2) is 0 Å². The Balaban J connectivity index is 2.75. The van der Waals surface area contributed by atoms with E-state index in [-0.39, 0.29) is 17.7 Å². The number of benzene rings is 1. The number of carbonyl (C=O) groups is 2. The molecule has 0 aliphatic carbocycles. The van der Waals surface area contributed by atoms with E-state index >= 15 is 0 Å². The number of anilines is 1. The minimum Gasteiger partial charge on any atom is -0.354 e. The van der Waals surface area contributed by atoms with Gasteiger partial charge in [-0.2, -0.15) is 0 Å². The smallest absolute Gasteiger partial charge is 0.223 e. The lowest BCUT2D eigenvalue weighted by molar-refractivity contribution is -0.124. The maximum atomic E-state index is 11.8. The lowest BCUT2D eigenvalue weighted by Gasteiger charge is -2.22. The molecule has 0 bridgehead atoms. The molecule has 0 saturated carbocycles. The monoisotopic (exact) mass is 276 g/mol. The number of hydrogen-bond donors (Lipinski definition) is 1. The second kappa shape index (κ2) is 7.08. The first-order valence-corrected chi connectivity index (χ1v) is 6.95. The summed E-state index contributed by atoms with van der Waals surface area (Å²) in [4.78, 5) is 25.0. The number of nitrogens with zero attached hydrogens (tertiary/aromatic N) is 1. The summed E-state index contributed by atoms with van der Waals surface area (Å²) in [6.45, 7) is 10.2. The molecule has 1 N–H and O–H groups in total. The highest BCUT2D eigenvalue weighted by atomic mass is 16.2. The first-order valence-electron chi connectivity index (χ1n) is 6.95. The van der Waals surface area contributed by atoms with Crippen molar-refractivity contribution in [2.75, 3.05) is 18.0 Å². The van der Waals surface area contributed by atoms with Crippen LogP contribution in [0.4, 0.5) is 5.69 Å². The lowest BCUT2D eigenvalue weighted by Crippen LogP contribution is -2.38. The normalized spacial score (nSPS) is 10.5. The van der Waals surface area contributed by atoms with Crippen molar-refractivity contribution in [1.82, 2.24) is 5.32 Å². The Morgan fingerprint density at radius 1 is 1.15 bits per heavy atom. The second-order valence-electron chi connectivity index (χ2n) is 5.46. The van der Waals surface area contributed by atoms with Crippen LogP contribution >= 0.6 is 0 Å². The molecule has 0 aliphatic rings. The van der Waals surface area contributed by atoms with Gasteiger partial charge in [0.15, 0.2) is 0 Å². The molecule has 0 fully saturated rings. The van der Waals surface area contributed by atoms with Crippen LogP contribution in [-0.4, -0.2) is 24.9 Å². The molecule has 1 aromatic rings. The Kier molecular flexibility index (Phi) is 5.74. The maximum absolute atomic E-state index is 11.8. The van der Waals surface area contributed by atoms with Gasteiger partial charge in [-0.15, -0.1) is 0 Å². The van der Waals surface area contributed by atoms with E-state index in [1.807, 2.05) is 39.8 Å². The summed E-state index contributed by atoms with van der Waals surface area (Å²) in [6, 6.07) is 6.04. The van der Waals surface area contributed by atoms with Gasteiger partial charge in [0.05, 0.1) is 0 Å². The Labute approximate surface area is 121 Å². The standard InChI is InChI=1S/C16H24N2O2/c1-11(2)16(20)17-6-7-18(14(5)19)15-9-12(3)8-13(4)10-15/h8-11H,6-7H2,1-5H3,(H,17,20). The minimum absolute atomic E-state index is 0.00826. The molecule has 1 rings (SSSR count). The molecule has 2 amide bonds. The maximum Gasteiger partial charge on any atom is 0.223 e. The van der Waals surface area contributed by atoms with Crippen LogP contribution in [0.5, 0.6) is 0 Å². The summed E-state index contributed by atoms with van der Waals surface area (Å²) in [7, 11) is 0. The topological polar surface area (TPSA) is 49.4 Å². The molecular formula is C16H24N2O2. The molecule has 0 spiro atoms. The molecule has 0 unspecified atom stereocenters. The number of amides is 2. The van der Waals surface area contributed by atoms with E-state index in [1.54, 1.807) is 11.8 Å². The first kappa shape index (κ1) is 16.2. The van der Waals surface area contributed by atoms with E-state index in [9.17, 15) is 9.59 Å². The van der Waals surface area contributed by atoms with Gasteiger partial charge in [0.2, 0.25) is 11.8 Å². The summed E-state index contributed by atoms with van der Waals surface area (Å²) in [5, 5.41) is 2.83. The van der Waals surface area contributed by atoms with Crippen LogP contribution in [0, 0.1) is 19.8 Å². The van der Waals surface area contributed by atoms with Gasteiger partial charge in [0.25, 0.3) is 0 Å². The van der Waals surface area contributed by atoms with Gasteiger partial charge >= 0.3 is 0 Å². The number of nitrogens with one attached hydrogen (secondary N) is 1. The zero-order chi connectivity index (χ0) is 15.3. The van der Waals surface area contributed by atoms with Crippen LogP contribution < -0.4 is 10.2 Å². The Hall–Kier alpha value is -1.84. The molecular weight excluding hydrogens is 252 g/mol. The van der Waals surface area contributed by atoms with Gasteiger partial charge in [0, 0.05) is 31.6 Å². The van der Waals surface area contributed by atoms with E-state index < -0.39 is 0 Å². The van der Waals surface area contributed by atoms with E-state index in [0.29, 0.717) is 13.1 Å². The zero-order valence-corrected chi connectivity index (χ0v) is 13.0. The first-order chi connectivity index (χ1) is 9.31. The van der Waals surface area contributed by atoms with Crippen molar-refractivity contribution in [3.8, 4) is 0 Å². The molecule has 0 saturated heterocycles. The molecule has 0 heterocycles. The number of rotatable bonds is 5. The third kappa shape index (κ3) is 4.68. The van der Waals surface area contributed by atoms with Gasteiger partial charge in [-0.05, 0) is 37.1 Å². The average Bonchev–Trinajstić information content (AvgIpc) is 2.32. The molecule has 20 heavy (non-hydrogen) atoms. The van der Waals surface area contributed by atoms with Crippen LogP contribution in [0.15, 0.2) is 18.2 Å². The quantitative estimate of drug-likeness (QED) is 0.898. The van der Waals surface area contributed by atoms with Crippen molar-refractivity contribution >= 4 is 17.5 Å². The molecule has 0 radical (unpaired) electrons. The summed E-state index contributed by atoms with van der Waals surface area (Å²) < 4.78 is 0. The molecule has 0 atom stereocenters. The summed E-state index contributed by atoms with van der Waals surface area (Å²) >= 11 is 0. The number of hydrogen-bond acceptors (Lipinski definition) is 2. The van der Waals surface area contributed by atoms with Crippen molar-refractivity contribution in [3.63, 3.8) is 0 Å². The summed E-state index contributed by atoms with van der Waals surface area (Å²) in [5.74, 6) is -0.0512. The number of aryl methyl sites for hydroxylation is 2. The average molecular weight is 276 g/mol. The molecule has 0 aromatic heterocycles. The largest absolute Gasteiger partial charge is 0.354 e. The Morgan fingerprint density at radius 3 is 2.15 bits per heavy atom. The molecule has 1 aromatic carbocycles. The predicted molar refractivity (Wildman–Crippen MR) is 81.8 cm³/mol. The lowest BCUT2D eigenvalue weighted by atomic mass is 10.1. The van der Waals surface area contributed by atoms with Gasteiger partial charge < -0.3 is 10.2 Å². The van der Waals surface area contributed by atoms with Crippen molar-refractivity contribution in [1.29, 1.82) is 0 Å². The molecule has 4 heteroatoms. The fourth-order valence-corrected chi connectivity index (χ4v) is 2.07. The van der Waals surface area contributed by atoms with Crippen LogP contribution in [0.25, 0.3) is 0 Å². The number of carbonyl (C=O) groups excluding carboxylic acids is 2. The van der Waals surface area contributed by atoms with Gasteiger partial charge in [-0.1, -0.05) is 19.9 Å². The SMILES string of the molecule is CC(=O)N(CCNC(=O)C(C)C)c1cc(C)cc(C)c1. The highest BCUT2D eigenvalue weighted by molar-refractivity contribution is 5.91.